The van der Waals surface area contributed by atoms with E-state index in [2.05, 4.69) is 44.0 Å². The maximum absolute atomic E-state index is 4.23. The molecule has 0 heterocycles. The van der Waals surface area contributed by atoms with Gasteiger partial charge in [0.1, 0.15) is 0 Å². The molecule has 12 heavy (non-hydrogen) atoms. The van der Waals surface area contributed by atoms with Gasteiger partial charge in [-0.25, -0.2) is 0 Å². The Hall–Kier alpha value is -1.11. The Morgan fingerprint density at radius 2 is 1.92 bits per heavy atom. The summed E-state index contributed by atoms with van der Waals surface area (Å²) in [6.07, 6.45) is 6.37. The Labute approximate surface area is 74.2 Å². The van der Waals surface area contributed by atoms with Crippen molar-refractivity contribution in [3.05, 3.63) is 34.9 Å². The largest absolute Gasteiger partial charge is 0.288 e. The topological polar surface area (TPSA) is 12.4 Å². The van der Waals surface area contributed by atoms with Crippen molar-refractivity contribution in [2.75, 3.05) is 7.05 Å². The Kier molecular flexibility index (Phi) is 2.64. The predicted molar refractivity (Wildman–Crippen MR) is 54.6 cm³/mol. The second-order valence-electron chi connectivity index (χ2n) is 3.24. The third kappa shape index (κ3) is 1.73. The molecule has 64 valence electrons. The van der Waals surface area contributed by atoms with Crippen LogP contribution in [0.25, 0.3) is 0 Å². The summed E-state index contributed by atoms with van der Waals surface area (Å²) in [6.45, 7) is 6.31. The van der Waals surface area contributed by atoms with Gasteiger partial charge < -0.3 is 0 Å². The molecule has 0 spiro atoms. The van der Waals surface area contributed by atoms with Crippen molar-refractivity contribution < 1.29 is 0 Å². The zero-order valence-electron chi connectivity index (χ0n) is 8.18. The molecule has 0 N–H and O–H groups in total. The van der Waals surface area contributed by atoms with Crippen molar-refractivity contribution in [1.82, 2.24) is 0 Å². The van der Waals surface area contributed by atoms with E-state index in [1.165, 1.54) is 16.7 Å². The van der Waals surface area contributed by atoms with Gasteiger partial charge in [-0.2, -0.15) is 0 Å². The first kappa shape index (κ1) is 8.98. The van der Waals surface area contributed by atoms with E-state index in [4.69, 9.17) is 0 Å². The third-order valence-corrected chi connectivity index (χ3v) is 1.93. The second kappa shape index (κ2) is 3.53. The fourth-order valence-corrected chi connectivity index (χ4v) is 1.25. The lowest BCUT2D eigenvalue weighted by molar-refractivity contribution is 1.32. The van der Waals surface area contributed by atoms with E-state index in [1.807, 2.05) is 7.05 Å². The van der Waals surface area contributed by atoms with Gasteiger partial charge in [0.25, 0.3) is 0 Å². The van der Waals surface area contributed by atoms with Gasteiger partial charge in [0.05, 0.1) is 5.71 Å². The quantitative estimate of drug-likeness (QED) is 0.518. The fraction of sp³-hybridized carbons (Fsp3) is 0.364. The van der Waals surface area contributed by atoms with Crippen molar-refractivity contribution in [2.45, 2.75) is 20.8 Å². The summed E-state index contributed by atoms with van der Waals surface area (Å²) in [5.41, 5.74) is 4.93. The highest BCUT2D eigenvalue weighted by molar-refractivity contribution is 6.12. The summed E-state index contributed by atoms with van der Waals surface area (Å²) >= 11 is 0. The molecule has 1 rings (SSSR count). The molecule has 0 aliphatic heterocycles. The van der Waals surface area contributed by atoms with E-state index < -0.39 is 0 Å². The van der Waals surface area contributed by atoms with Crippen LogP contribution in [0, 0.1) is 0 Å². The van der Waals surface area contributed by atoms with Crippen LogP contribution in [0.3, 0.4) is 0 Å². The lowest BCUT2D eigenvalue weighted by Crippen LogP contribution is -2.03. The molecular weight excluding hydrogens is 146 g/mol. The average Bonchev–Trinajstić information content (AvgIpc) is 2.03. The van der Waals surface area contributed by atoms with Gasteiger partial charge >= 0.3 is 0 Å². The molecule has 0 aromatic carbocycles. The van der Waals surface area contributed by atoms with Gasteiger partial charge in [-0.1, -0.05) is 17.7 Å². The van der Waals surface area contributed by atoms with Crippen LogP contribution in [0.2, 0.25) is 0 Å². The van der Waals surface area contributed by atoms with Crippen molar-refractivity contribution in [1.29, 1.82) is 0 Å². The lowest BCUT2D eigenvalue weighted by atomic mass is 9.97. The maximum atomic E-state index is 4.23. The van der Waals surface area contributed by atoms with E-state index in [-0.39, 0.29) is 0 Å². The van der Waals surface area contributed by atoms with E-state index >= 15 is 0 Å². The van der Waals surface area contributed by atoms with E-state index in [1.54, 1.807) is 0 Å². The maximum Gasteiger partial charge on any atom is 0.0645 e. The van der Waals surface area contributed by atoms with Crippen LogP contribution < -0.4 is 0 Å². The van der Waals surface area contributed by atoms with Gasteiger partial charge in [-0.3, -0.25) is 4.99 Å². The highest BCUT2D eigenvalue weighted by Crippen LogP contribution is 2.16. The van der Waals surface area contributed by atoms with Gasteiger partial charge in [-0.05, 0) is 38.0 Å². The van der Waals surface area contributed by atoms with Crippen LogP contribution in [0.15, 0.2) is 39.9 Å². The molecule has 1 heteroatoms. The number of hydrogen-bond donors (Lipinski definition) is 0. The first-order valence-electron chi connectivity index (χ1n) is 4.16. The first-order valence-corrected chi connectivity index (χ1v) is 4.16. The molecule has 0 radical (unpaired) electrons. The van der Waals surface area contributed by atoms with E-state index in [0.717, 1.165) is 5.71 Å². The molecule has 0 saturated heterocycles. The van der Waals surface area contributed by atoms with Crippen LogP contribution in [-0.2, 0) is 0 Å². The van der Waals surface area contributed by atoms with Crippen molar-refractivity contribution in [3.8, 4) is 0 Å². The van der Waals surface area contributed by atoms with Crippen LogP contribution in [0.1, 0.15) is 20.8 Å². The lowest BCUT2D eigenvalue weighted by Gasteiger charge is -2.10. The third-order valence-electron chi connectivity index (χ3n) is 1.93. The predicted octanol–water partition coefficient (Wildman–Crippen LogP) is 2.91. The molecule has 0 bridgehead atoms. The number of aliphatic imine (C=N–C) groups is 1. The number of nitrogens with zero attached hydrogens (tertiary/aromatic N) is 1. The van der Waals surface area contributed by atoms with Crippen LogP contribution in [0.4, 0.5) is 0 Å². The molecule has 1 aliphatic rings. The van der Waals surface area contributed by atoms with Gasteiger partial charge in [0, 0.05) is 7.05 Å². The van der Waals surface area contributed by atoms with Gasteiger partial charge in [0.2, 0.25) is 0 Å². The molecule has 0 atom stereocenters. The highest BCUT2D eigenvalue weighted by atomic mass is 14.7. The van der Waals surface area contributed by atoms with Gasteiger partial charge in [-0.15, -0.1) is 0 Å². The summed E-state index contributed by atoms with van der Waals surface area (Å²) < 4.78 is 0. The number of rotatable bonds is 0. The summed E-state index contributed by atoms with van der Waals surface area (Å²) in [5, 5.41) is 0. The normalized spacial score (nSPS) is 19.8. The highest BCUT2D eigenvalue weighted by Gasteiger charge is 2.06. The number of allylic oxidation sites excluding steroid dienone is 6. The molecule has 0 amide bonds. The minimum atomic E-state index is 1.09. The Morgan fingerprint density at radius 1 is 1.25 bits per heavy atom. The summed E-state index contributed by atoms with van der Waals surface area (Å²) in [5.74, 6) is 0. The molecule has 0 aromatic heterocycles. The molecule has 0 fully saturated rings. The molecular formula is C11H15N. The van der Waals surface area contributed by atoms with Crippen molar-refractivity contribution in [2.24, 2.45) is 4.99 Å². The zero-order chi connectivity index (χ0) is 9.14. The monoisotopic (exact) mass is 161 g/mol. The Balaban J connectivity index is 3.14. The summed E-state index contributed by atoms with van der Waals surface area (Å²) in [4.78, 5) is 4.23. The average molecular weight is 161 g/mol. The minimum Gasteiger partial charge on any atom is -0.288 e. The fourth-order valence-electron chi connectivity index (χ4n) is 1.25. The van der Waals surface area contributed by atoms with Gasteiger partial charge in [0.15, 0.2) is 0 Å². The molecule has 1 nitrogen and oxygen atoms in total. The van der Waals surface area contributed by atoms with E-state index in [0.29, 0.717) is 0 Å². The molecule has 0 unspecified atom stereocenters. The minimum absolute atomic E-state index is 1.09. The molecule has 0 aromatic rings. The van der Waals surface area contributed by atoms with Crippen LogP contribution >= 0.6 is 0 Å². The van der Waals surface area contributed by atoms with Crippen molar-refractivity contribution >= 4 is 5.71 Å². The Morgan fingerprint density at radius 3 is 2.42 bits per heavy atom. The van der Waals surface area contributed by atoms with Crippen LogP contribution in [-0.4, -0.2) is 12.8 Å². The molecule has 1 aliphatic carbocycles. The second-order valence-corrected chi connectivity index (χ2v) is 3.24. The number of hydrogen-bond acceptors (Lipinski definition) is 1. The molecule has 0 saturated carbocycles. The standard InChI is InChI=1S/C11H15N/c1-8(2)10-6-5-9(3)7-11(10)12-4/h5-7H,1-4H3/b12-11-. The zero-order valence-corrected chi connectivity index (χ0v) is 8.18. The smallest absolute Gasteiger partial charge is 0.0645 e. The Bertz CT molecular complexity index is 297. The van der Waals surface area contributed by atoms with E-state index in [9.17, 15) is 0 Å². The summed E-state index contributed by atoms with van der Waals surface area (Å²) in [6, 6.07) is 0. The van der Waals surface area contributed by atoms with Crippen LogP contribution in [0.5, 0.6) is 0 Å². The van der Waals surface area contributed by atoms with Crippen molar-refractivity contribution in [3.63, 3.8) is 0 Å². The summed E-state index contributed by atoms with van der Waals surface area (Å²) in [7, 11) is 1.83. The SMILES string of the molecule is C/N=C1/C=C(C)C=CC1=C(C)C. The first-order chi connectivity index (χ1) is 5.65.